The van der Waals surface area contributed by atoms with Crippen molar-refractivity contribution in [3.63, 3.8) is 0 Å². The van der Waals surface area contributed by atoms with E-state index in [1.165, 1.54) is 6.07 Å². The molecule has 2 aliphatic rings. The highest BCUT2D eigenvalue weighted by molar-refractivity contribution is 5.80. The molecule has 1 aromatic rings. The van der Waals surface area contributed by atoms with Gasteiger partial charge >= 0.3 is 0 Å². The number of hydrogen-bond donors (Lipinski definition) is 1. The fourth-order valence-corrected chi connectivity index (χ4v) is 3.19. The molecule has 0 spiro atoms. The monoisotopic (exact) mass is 305 g/mol. The molecule has 1 aliphatic carbocycles. The molecule has 5 heteroatoms. The van der Waals surface area contributed by atoms with Gasteiger partial charge in [-0.1, -0.05) is 18.2 Å². The van der Waals surface area contributed by atoms with Gasteiger partial charge < -0.3 is 15.0 Å². The van der Waals surface area contributed by atoms with Gasteiger partial charge in [0.15, 0.2) is 5.96 Å². The van der Waals surface area contributed by atoms with E-state index in [4.69, 9.17) is 4.74 Å². The second kappa shape index (κ2) is 6.65. The maximum Gasteiger partial charge on any atom is 0.193 e. The van der Waals surface area contributed by atoms with Crippen LogP contribution in [0.3, 0.4) is 0 Å². The van der Waals surface area contributed by atoms with Crippen LogP contribution in [0.1, 0.15) is 24.3 Å². The summed E-state index contributed by atoms with van der Waals surface area (Å²) in [5.41, 5.74) is 0.808. The van der Waals surface area contributed by atoms with Crippen molar-refractivity contribution >= 4 is 5.96 Å². The van der Waals surface area contributed by atoms with Gasteiger partial charge in [0.05, 0.1) is 6.61 Å². The maximum absolute atomic E-state index is 13.8. The number of aliphatic imine (C=N–C) groups is 1. The third-order valence-electron chi connectivity index (χ3n) is 4.54. The molecule has 1 aromatic carbocycles. The molecular weight excluding hydrogens is 281 g/mol. The van der Waals surface area contributed by atoms with E-state index in [-0.39, 0.29) is 17.8 Å². The van der Waals surface area contributed by atoms with Crippen molar-refractivity contribution in [2.75, 3.05) is 33.9 Å². The SMILES string of the molecule is CN=C(NC1CC1c1ccccc1F)N(C)CC1CCOC1. The first-order valence-corrected chi connectivity index (χ1v) is 7.95. The molecule has 1 saturated carbocycles. The fraction of sp³-hybridized carbons (Fsp3) is 0.588. The number of nitrogens with one attached hydrogen (secondary N) is 1. The van der Waals surface area contributed by atoms with Crippen LogP contribution < -0.4 is 5.32 Å². The predicted molar refractivity (Wildman–Crippen MR) is 85.6 cm³/mol. The number of rotatable bonds is 4. The predicted octanol–water partition coefficient (Wildman–Crippen LogP) is 2.23. The minimum atomic E-state index is -0.108. The zero-order chi connectivity index (χ0) is 15.5. The highest BCUT2D eigenvalue weighted by Gasteiger charge is 2.41. The van der Waals surface area contributed by atoms with Gasteiger partial charge in [0.1, 0.15) is 5.82 Å². The average Bonchev–Trinajstić information content (AvgIpc) is 3.09. The Balaban J connectivity index is 1.55. The summed E-state index contributed by atoms with van der Waals surface area (Å²) in [5, 5.41) is 3.46. The molecular formula is C17H24FN3O. The Hall–Kier alpha value is -1.62. The minimum Gasteiger partial charge on any atom is -0.381 e. The normalized spacial score (nSPS) is 27.8. The second-order valence-electron chi connectivity index (χ2n) is 6.27. The van der Waals surface area contributed by atoms with E-state index in [0.29, 0.717) is 5.92 Å². The summed E-state index contributed by atoms with van der Waals surface area (Å²) in [5.74, 6) is 1.60. The molecule has 1 aliphatic heterocycles. The molecule has 2 fully saturated rings. The van der Waals surface area contributed by atoms with Crippen molar-refractivity contribution in [3.8, 4) is 0 Å². The summed E-state index contributed by atoms with van der Waals surface area (Å²) < 4.78 is 19.2. The Morgan fingerprint density at radius 1 is 1.45 bits per heavy atom. The number of guanidine groups is 1. The van der Waals surface area contributed by atoms with Crippen molar-refractivity contribution in [2.45, 2.75) is 24.8 Å². The first-order chi connectivity index (χ1) is 10.7. The van der Waals surface area contributed by atoms with Gasteiger partial charge in [0.25, 0.3) is 0 Å². The van der Waals surface area contributed by atoms with E-state index in [2.05, 4.69) is 15.2 Å². The van der Waals surface area contributed by atoms with Crippen molar-refractivity contribution in [3.05, 3.63) is 35.6 Å². The van der Waals surface area contributed by atoms with Crippen LogP contribution in [0.2, 0.25) is 0 Å². The Morgan fingerprint density at radius 2 is 2.27 bits per heavy atom. The van der Waals surface area contributed by atoms with Gasteiger partial charge in [-0.05, 0) is 24.5 Å². The third kappa shape index (κ3) is 3.40. The molecule has 1 N–H and O–H groups in total. The molecule has 22 heavy (non-hydrogen) atoms. The van der Waals surface area contributed by atoms with E-state index >= 15 is 0 Å². The van der Waals surface area contributed by atoms with Crippen LogP contribution in [0.15, 0.2) is 29.3 Å². The van der Waals surface area contributed by atoms with Crippen LogP contribution >= 0.6 is 0 Å². The zero-order valence-corrected chi connectivity index (χ0v) is 13.3. The molecule has 0 amide bonds. The number of hydrogen-bond acceptors (Lipinski definition) is 2. The standard InChI is InChI=1S/C17H24FN3O/c1-19-17(21(2)10-12-7-8-22-11-12)20-16-9-14(16)13-5-3-4-6-15(13)18/h3-6,12,14,16H,7-11H2,1-2H3,(H,19,20). The quantitative estimate of drug-likeness (QED) is 0.684. The summed E-state index contributed by atoms with van der Waals surface area (Å²) in [7, 11) is 3.85. The van der Waals surface area contributed by atoms with E-state index in [1.54, 1.807) is 13.1 Å². The summed E-state index contributed by atoms with van der Waals surface area (Å²) >= 11 is 0. The number of halogens is 1. The molecule has 0 bridgehead atoms. The first kappa shape index (κ1) is 15.3. The van der Waals surface area contributed by atoms with Crippen molar-refractivity contribution in [1.82, 2.24) is 10.2 Å². The van der Waals surface area contributed by atoms with E-state index in [1.807, 2.05) is 19.2 Å². The minimum absolute atomic E-state index is 0.108. The average molecular weight is 305 g/mol. The lowest BCUT2D eigenvalue weighted by Crippen LogP contribution is -2.42. The molecule has 4 nitrogen and oxygen atoms in total. The van der Waals surface area contributed by atoms with Crippen molar-refractivity contribution < 1.29 is 9.13 Å². The van der Waals surface area contributed by atoms with E-state index in [0.717, 1.165) is 44.1 Å². The number of nitrogens with zero attached hydrogens (tertiary/aromatic N) is 2. The molecule has 3 unspecified atom stereocenters. The van der Waals surface area contributed by atoms with Gasteiger partial charge in [-0.3, -0.25) is 4.99 Å². The smallest absolute Gasteiger partial charge is 0.193 e. The van der Waals surface area contributed by atoms with Gasteiger partial charge in [-0.25, -0.2) is 4.39 Å². The van der Waals surface area contributed by atoms with E-state index < -0.39 is 0 Å². The van der Waals surface area contributed by atoms with Gasteiger partial charge in [0.2, 0.25) is 0 Å². The largest absolute Gasteiger partial charge is 0.381 e. The molecule has 3 atom stereocenters. The molecule has 120 valence electrons. The summed E-state index contributed by atoms with van der Waals surface area (Å²) in [6.45, 7) is 2.64. The summed E-state index contributed by atoms with van der Waals surface area (Å²) in [4.78, 5) is 6.51. The van der Waals surface area contributed by atoms with Crippen LogP contribution in [-0.4, -0.2) is 50.8 Å². The molecule has 0 aromatic heterocycles. The Bertz CT molecular complexity index is 542. The zero-order valence-electron chi connectivity index (χ0n) is 13.3. The number of ether oxygens (including phenoxy) is 1. The lowest BCUT2D eigenvalue weighted by Gasteiger charge is -2.24. The Kier molecular flexibility index (Phi) is 4.62. The second-order valence-corrected chi connectivity index (χ2v) is 6.27. The highest BCUT2D eigenvalue weighted by atomic mass is 19.1. The fourth-order valence-electron chi connectivity index (χ4n) is 3.19. The summed E-state index contributed by atoms with van der Waals surface area (Å²) in [6.07, 6.45) is 2.07. The first-order valence-electron chi connectivity index (χ1n) is 7.95. The molecule has 0 radical (unpaired) electrons. The van der Waals surface area contributed by atoms with Crippen LogP contribution in [-0.2, 0) is 4.74 Å². The van der Waals surface area contributed by atoms with Crippen molar-refractivity contribution in [1.29, 1.82) is 0 Å². The Labute approximate surface area is 131 Å². The number of benzene rings is 1. The lowest BCUT2D eigenvalue weighted by atomic mass is 10.1. The highest BCUT2D eigenvalue weighted by Crippen LogP contribution is 2.41. The van der Waals surface area contributed by atoms with Crippen LogP contribution in [0, 0.1) is 11.7 Å². The van der Waals surface area contributed by atoms with Gasteiger partial charge in [-0.2, -0.15) is 0 Å². The topological polar surface area (TPSA) is 36.9 Å². The molecule has 1 saturated heterocycles. The third-order valence-corrected chi connectivity index (χ3v) is 4.54. The lowest BCUT2D eigenvalue weighted by molar-refractivity contribution is 0.181. The van der Waals surface area contributed by atoms with Gasteiger partial charge in [-0.15, -0.1) is 0 Å². The van der Waals surface area contributed by atoms with E-state index in [9.17, 15) is 4.39 Å². The molecule has 3 rings (SSSR count). The van der Waals surface area contributed by atoms with Crippen LogP contribution in [0.5, 0.6) is 0 Å². The molecule has 1 heterocycles. The maximum atomic E-state index is 13.8. The van der Waals surface area contributed by atoms with Crippen molar-refractivity contribution in [2.24, 2.45) is 10.9 Å². The van der Waals surface area contributed by atoms with Crippen LogP contribution in [0.4, 0.5) is 4.39 Å². The summed E-state index contributed by atoms with van der Waals surface area (Å²) in [6, 6.07) is 7.32. The van der Waals surface area contributed by atoms with Gasteiger partial charge in [0, 0.05) is 45.1 Å². The Morgan fingerprint density at radius 3 is 2.95 bits per heavy atom. The van der Waals surface area contributed by atoms with Crippen LogP contribution in [0.25, 0.3) is 0 Å².